The second-order valence-corrected chi connectivity index (χ2v) is 7.19. The number of aliphatic hydroxyl groups excluding tert-OH is 1. The maximum atomic E-state index is 10.3. The van der Waals surface area contributed by atoms with Crippen molar-refractivity contribution in [3.05, 3.63) is 59.1 Å². The number of rotatable bonds is 8. The number of ether oxygens (including phenoxy) is 2. The maximum Gasteiger partial charge on any atom is 0.142 e. The van der Waals surface area contributed by atoms with Gasteiger partial charge in [0, 0.05) is 37.7 Å². The molecule has 0 saturated carbocycles. The van der Waals surface area contributed by atoms with Gasteiger partial charge in [0.25, 0.3) is 0 Å². The summed E-state index contributed by atoms with van der Waals surface area (Å²) in [6.07, 6.45) is -0.491. The number of hydrogen-bond donors (Lipinski definition) is 1. The largest absolute Gasteiger partial charge is 0.495 e. The third-order valence-electron chi connectivity index (χ3n) is 4.76. The van der Waals surface area contributed by atoms with Crippen molar-refractivity contribution in [1.82, 2.24) is 4.90 Å². The van der Waals surface area contributed by atoms with Crippen LogP contribution in [0, 0.1) is 0 Å². The van der Waals surface area contributed by atoms with Crippen LogP contribution in [-0.2, 0) is 11.3 Å². The molecule has 0 unspecified atom stereocenters. The zero-order chi connectivity index (χ0) is 19.1. The predicted molar refractivity (Wildman–Crippen MR) is 109 cm³/mol. The van der Waals surface area contributed by atoms with Crippen LogP contribution in [0.3, 0.4) is 0 Å². The second kappa shape index (κ2) is 9.95. The van der Waals surface area contributed by atoms with Gasteiger partial charge < -0.3 is 19.5 Å². The molecule has 1 aliphatic rings. The fraction of sp³-hybridized carbons (Fsp3) is 0.429. The van der Waals surface area contributed by atoms with E-state index in [4.69, 9.17) is 21.1 Å². The Bertz CT molecular complexity index is 703. The molecule has 0 bridgehead atoms. The average Bonchev–Trinajstić information content (AvgIpc) is 2.70. The number of halogens is 1. The van der Waals surface area contributed by atoms with Gasteiger partial charge in [-0.15, -0.1) is 0 Å². The van der Waals surface area contributed by atoms with E-state index in [0.717, 1.165) is 43.2 Å². The van der Waals surface area contributed by atoms with Crippen molar-refractivity contribution >= 4 is 17.3 Å². The Kier molecular flexibility index (Phi) is 7.35. The SMILES string of the molecule is COc1ccccc1N1CCN(C[C@@H](O)COCc2ccc(Cl)cc2)CC1. The standard InChI is InChI=1S/C21H27ClN2O3/c1-26-21-5-3-2-4-20(21)24-12-10-23(11-13-24)14-19(25)16-27-15-17-6-8-18(22)9-7-17/h2-9,19,25H,10-16H2,1H3/t19-/m1/s1. The van der Waals surface area contributed by atoms with E-state index in [-0.39, 0.29) is 0 Å². The van der Waals surface area contributed by atoms with Crippen molar-refractivity contribution < 1.29 is 14.6 Å². The highest BCUT2D eigenvalue weighted by Crippen LogP contribution is 2.28. The van der Waals surface area contributed by atoms with Gasteiger partial charge in [0.05, 0.1) is 32.1 Å². The van der Waals surface area contributed by atoms with Gasteiger partial charge in [-0.05, 0) is 29.8 Å². The van der Waals surface area contributed by atoms with Gasteiger partial charge in [0.15, 0.2) is 0 Å². The minimum Gasteiger partial charge on any atom is -0.495 e. The predicted octanol–water partition coefficient (Wildman–Crippen LogP) is 3.05. The lowest BCUT2D eigenvalue weighted by Gasteiger charge is -2.37. The Labute approximate surface area is 166 Å². The average molecular weight is 391 g/mol. The lowest BCUT2D eigenvalue weighted by molar-refractivity contribution is 0.00913. The summed E-state index contributed by atoms with van der Waals surface area (Å²) in [6.45, 7) is 5.08. The van der Waals surface area contributed by atoms with E-state index in [2.05, 4.69) is 15.9 Å². The summed E-state index contributed by atoms with van der Waals surface area (Å²) in [5, 5.41) is 11.0. The van der Waals surface area contributed by atoms with Crippen LogP contribution in [0.4, 0.5) is 5.69 Å². The van der Waals surface area contributed by atoms with Crippen molar-refractivity contribution in [2.75, 3.05) is 51.3 Å². The number of nitrogens with zero attached hydrogens (tertiary/aromatic N) is 2. The number of methoxy groups -OCH3 is 1. The molecule has 0 radical (unpaired) electrons. The van der Waals surface area contributed by atoms with Gasteiger partial charge in [-0.1, -0.05) is 35.9 Å². The first-order chi connectivity index (χ1) is 13.2. The van der Waals surface area contributed by atoms with Gasteiger partial charge in [-0.2, -0.15) is 0 Å². The number of anilines is 1. The summed E-state index contributed by atoms with van der Waals surface area (Å²) in [5.74, 6) is 0.904. The van der Waals surface area contributed by atoms with Crippen molar-refractivity contribution in [2.24, 2.45) is 0 Å². The molecule has 1 N–H and O–H groups in total. The molecule has 3 rings (SSSR count). The van der Waals surface area contributed by atoms with E-state index >= 15 is 0 Å². The second-order valence-electron chi connectivity index (χ2n) is 6.75. The summed E-state index contributed by atoms with van der Waals surface area (Å²) in [4.78, 5) is 4.61. The fourth-order valence-corrected chi connectivity index (χ4v) is 3.43. The number of hydrogen-bond acceptors (Lipinski definition) is 5. The minimum atomic E-state index is -0.491. The van der Waals surface area contributed by atoms with Crippen LogP contribution in [0.5, 0.6) is 5.75 Å². The number of aliphatic hydroxyl groups is 1. The summed E-state index contributed by atoms with van der Waals surface area (Å²) in [6, 6.07) is 15.7. The molecule has 27 heavy (non-hydrogen) atoms. The van der Waals surface area contributed by atoms with Crippen LogP contribution < -0.4 is 9.64 Å². The number of benzene rings is 2. The van der Waals surface area contributed by atoms with Gasteiger partial charge in [0.2, 0.25) is 0 Å². The molecular weight excluding hydrogens is 364 g/mol. The van der Waals surface area contributed by atoms with E-state index in [1.165, 1.54) is 0 Å². The molecular formula is C21H27ClN2O3. The molecule has 0 aromatic heterocycles. The highest BCUT2D eigenvalue weighted by Gasteiger charge is 2.21. The summed E-state index contributed by atoms with van der Waals surface area (Å²) < 4.78 is 11.1. The number of β-amino-alcohol motifs (C(OH)–C–C–N with tert-alkyl or cyclic N) is 1. The van der Waals surface area contributed by atoms with Gasteiger partial charge in [0.1, 0.15) is 5.75 Å². The van der Waals surface area contributed by atoms with E-state index < -0.39 is 6.10 Å². The number of para-hydroxylation sites is 2. The molecule has 0 aliphatic carbocycles. The van der Waals surface area contributed by atoms with E-state index in [1.807, 2.05) is 42.5 Å². The highest BCUT2D eigenvalue weighted by atomic mass is 35.5. The Morgan fingerprint density at radius 2 is 1.74 bits per heavy atom. The molecule has 2 aromatic carbocycles. The molecule has 5 nitrogen and oxygen atoms in total. The Morgan fingerprint density at radius 1 is 1.04 bits per heavy atom. The smallest absolute Gasteiger partial charge is 0.142 e. The van der Waals surface area contributed by atoms with Crippen LogP contribution in [0.1, 0.15) is 5.56 Å². The van der Waals surface area contributed by atoms with Crippen LogP contribution in [0.25, 0.3) is 0 Å². The zero-order valence-corrected chi connectivity index (χ0v) is 16.4. The Balaban J connectivity index is 1.39. The van der Waals surface area contributed by atoms with Crippen LogP contribution >= 0.6 is 11.6 Å². The normalized spacial score (nSPS) is 16.3. The molecule has 2 aromatic rings. The van der Waals surface area contributed by atoms with Crippen molar-refractivity contribution in [3.8, 4) is 5.75 Å². The molecule has 1 aliphatic heterocycles. The van der Waals surface area contributed by atoms with Crippen LogP contribution in [0.2, 0.25) is 5.02 Å². The number of piperazine rings is 1. The lowest BCUT2D eigenvalue weighted by atomic mass is 10.2. The summed E-state index contributed by atoms with van der Waals surface area (Å²) in [7, 11) is 1.70. The summed E-state index contributed by atoms with van der Waals surface area (Å²) >= 11 is 5.87. The van der Waals surface area contributed by atoms with Crippen LogP contribution in [-0.4, -0.2) is 62.6 Å². The molecule has 1 atom stereocenters. The van der Waals surface area contributed by atoms with E-state index in [1.54, 1.807) is 7.11 Å². The molecule has 0 amide bonds. The maximum absolute atomic E-state index is 10.3. The Morgan fingerprint density at radius 3 is 2.44 bits per heavy atom. The third-order valence-corrected chi connectivity index (χ3v) is 5.01. The molecule has 6 heteroatoms. The van der Waals surface area contributed by atoms with Gasteiger partial charge in [-0.25, -0.2) is 0 Å². The fourth-order valence-electron chi connectivity index (χ4n) is 3.31. The van der Waals surface area contributed by atoms with E-state index in [9.17, 15) is 5.11 Å². The first-order valence-electron chi connectivity index (χ1n) is 9.26. The van der Waals surface area contributed by atoms with Crippen molar-refractivity contribution in [1.29, 1.82) is 0 Å². The van der Waals surface area contributed by atoms with Gasteiger partial charge in [-0.3, -0.25) is 4.90 Å². The van der Waals surface area contributed by atoms with Crippen molar-refractivity contribution in [3.63, 3.8) is 0 Å². The zero-order valence-electron chi connectivity index (χ0n) is 15.7. The molecule has 1 fully saturated rings. The topological polar surface area (TPSA) is 45.2 Å². The summed E-state index contributed by atoms with van der Waals surface area (Å²) in [5.41, 5.74) is 2.18. The molecule has 0 spiro atoms. The first-order valence-corrected chi connectivity index (χ1v) is 9.64. The van der Waals surface area contributed by atoms with Crippen molar-refractivity contribution in [2.45, 2.75) is 12.7 Å². The quantitative estimate of drug-likeness (QED) is 0.750. The highest BCUT2D eigenvalue weighted by molar-refractivity contribution is 6.30. The van der Waals surface area contributed by atoms with Gasteiger partial charge >= 0.3 is 0 Å². The monoisotopic (exact) mass is 390 g/mol. The molecule has 1 saturated heterocycles. The molecule has 1 heterocycles. The lowest BCUT2D eigenvalue weighted by Crippen LogP contribution is -2.49. The van der Waals surface area contributed by atoms with Crippen LogP contribution in [0.15, 0.2) is 48.5 Å². The Hall–Kier alpha value is -1.79. The van der Waals surface area contributed by atoms with E-state index in [0.29, 0.717) is 24.8 Å². The molecule has 146 valence electrons. The first kappa shape index (κ1) is 20.0. The third kappa shape index (κ3) is 5.84. The minimum absolute atomic E-state index is 0.329.